The van der Waals surface area contributed by atoms with Crippen LogP contribution in [0, 0.1) is 0 Å². The fraction of sp³-hybridized carbons (Fsp3) is 1.00. The van der Waals surface area contributed by atoms with Gasteiger partial charge in [-0.2, -0.15) is 0 Å². The highest BCUT2D eigenvalue weighted by molar-refractivity contribution is 5.16. The maximum Gasteiger partial charge on any atom is 0.130 e. The van der Waals surface area contributed by atoms with Crippen molar-refractivity contribution >= 4 is 0 Å². The van der Waals surface area contributed by atoms with Gasteiger partial charge in [0.25, 0.3) is 0 Å². The van der Waals surface area contributed by atoms with Gasteiger partial charge in [0.2, 0.25) is 0 Å². The molecule has 2 saturated heterocycles. The Labute approximate surface area is 166 Å². The van der Waals surface area contributed by atoms with E-state index < -0.39 is 36.6 Å². The minimum absolute atomic E-state index is 0.113. The van der Waals surface area contributed by atoms with Gasteiger partial charge in [-0.05, 0) is 25.8 Å². The van der Waals surface area contributed by atoms with Crippen LogP contribution in [0.15, 0.2) is 0 Å². The molecule has 1 aliphatic carbocycles. The predicted octanol–water partition coefficient (Wildman–Crippen LogP) is -3.23. The van der Waals surface area contributed by atoms with Crippen LogP contribution in [0.4, 0.5) is 0 Å². The molecular formula is C18H37N5O5. The van der Waals surface area contributed by atoms with E-state index in [0.29, 0.717) is 19.6 Å². The van der Waals surface area contributed by atoms with Crippen LogP contribution < -0.4 is 22.9 Å². The molecule has 11 unspecified atom stereocenters. The first-order valence-electron chi connectivity index (χ1n) is 10.4. The van der Waals surface area contributed by atoms with E-state index in [4.69, 9.17) is 32.4 Å². The summed E-state index contributed by atoms with van der Waals surface area (Å²) in [7, 11) is 0. The molecular weight excluding hydrogens is 366 g/mol. The summed E-state index contributed by atoms with van der Waals surface area (Å²) in [5.41, 5.74) is 23.6. The standard InChI is InChI=1S/C18H37N5O5/c19-5-3-1-2-4-6-27-17-12(9(21)7-10(22)14(17)24)23-13-16(26)15(25)11(8-20)28-18(13)23/h9-18,24-26H,1-8,19-22H2. The molecule has 0 spiro atoms. The summed E-state index contributed by atoms with van der Waals surface area (Å²) in [4.78, 5) is 1.91. The fourth-order valence-corrected chi connectivity index (χ4v) is 4.67. The molecule has 0 bridgehead atoms. The molecule has 2 heterocycles. The predicted molar refractivity (Wildman–Crippen MR) is 103 cm³/mol. The van der Waals surface area contributed by atoms with E-state index in [-0.39, 0.29) is 30.9 Å². The molecule has 3 fully saturated rings. The molecule has 0 aromatic rings. The van der Waals surface area contributed by atoms with Crippen molar-refractivity contribution in [2.24, 2.45) is 22.9 Å². The van der Waals surface area contributed by atoms with Crippen LogP contribution in [0.1, 0.15) is 32.1 Å². The second-order valence-corrected chi connectivity index (χ2v) is 8.30. The third-order valence-corrected chi connectivity index (χ3v) is 6.32. The van der Waals surface area contributed by atoms with Crippen LogP contribution in [0.2, 0.25) is 0 Å². The van der Waals surface area contributed by atoms with Gasteiger partial charge >= 0.3 is 0 Å². The Bertz CT molecular complexity index is 503. The third kappa shape index (κ3) is 4.36. The number of aliphatic hydroxyl groups is 3. The molecule has 10 heteroatoms. The highest BCUT2D eigenvalue weighted by Gasteiger charge is 2.65. The van der Waals surface area contributed by atoms with Crippen LogP contribution in [0.5, 0.6) is 0 Å². The number of ether oxygens (including phenoxy) is 2. The third-order valence-electron chi connectivity index (χ3n) is 6.32. The number of hydrogen-bond donors (Lipinski definition) is 7. The van der Waals surface area contributed by atoms with Crippen LogP contribution in [0.3, 0.4) is 0 Å². The Morgan fingerprint density at radius 2 is 1.61 bits per heavy atom. The number of rotatable bonds is 9. The molecule has 3 aliphatic rings. The lowest BCUT2D eigenvalue weighted by atomic mass is 9.82. The van der Waals surface area contributed by atoms with Crippen molar-refractivity contribution in [1.82, 2.24) is 4.90 Å². The van der Waals surface area contributed by atoms with Crippen LogP contribution >= 0.6 is 0 Å². The zero-order valence-electron chi connectivity index (χ0n) is 16.3. The molecule has 11 N–H and O–H groups in total. The molecule has 10 nitrogen and oxygen atoms in total. The number of nitrogens with two attached hydrogens (primary N) is 4. The van der Waals surface area contributed by atoms with Gasteiger partial charge in [0.05, 0.1) is 18.2 Å². The van der Waals surface area contributed by atoms with Crippen molar-refractivity contribution in [3.05, 3.63) is 0 Å². The maximum absolute atomic E-state index is 10.7. The monoisotopic (exact) mass is 403 g/mol. The van der Waals surface area contributed by atoms with Gasteiger partial charge < -0.3 is 47.7 Å². The number of nitrogens with zero attached hydrogens (tertiary/aromatic N) is 1. The smallest absolute Gasteiger partial charge is 0.130 e. The molecule has 0 aromatic heterocycles. The van der Waals surface area contributed by atoms with Gasteiger partial charge in [0, 0.05) is 25.2 Å². The molecule has 0 amide bonds. The molecule has 164 valence electrons. The molecule has 2 aliphatic heterocycles. The quantitative estimate of drug-likeness (QED) is 0.152. The lowest BCUT2D eigenvalue weighted by molar-refractivity contribution is -0.129. The summed E-state index contributed by atoms with van der Waals surface area (Å²) >= 11 is 0. The zero-order chi connectivity index (χ0) is 20.4. The average Bonchev–Trinajstić information content (AvgIpc) is 3.38. The normalized spacial score (nSPS) is 48.3. The molecule has 0 radical (unpaired) electrons. The van der Waals surface area contributed by atoms with E-state index in [9.17, 15) is 15.3 Å². The summed E-state index contributed by atoms with van der Waals surface area (Å²) in [6.45, 7) is 1.29. The number of fused-ring (bicyclic) bond motifs is 1. The lowest BCUT2D eigenvalue weighted by Crippen LogP contribution is -2.65. The Balaban J connectivity index is 1.65. The SMILES string of the molecule is NCCCCCCOC1C(O)C(N)CC(N)C1N1C2OC(CN)C(O)C(O)C21. The lowest BCUT2D eigenvalue weighted by Gasteiger charge is -2.43. The largest absolute Gasteiger partial charge is 0.389 e. The fourth-order valence-electron chi connectivity index (χ4n) is 4.67. The molecule has 1 saturated carbocycles. The van der Waals surface area contributed by atoms with Crippen molar-refractivity contribution in [2.45, 2.75) is 93.0 Å². The zero-order valence-corrected chi connectivity index (χ0v) is 16.3. The van der Waals surface area contributed by atoms with E-state index >= 15 is 0 Å². The van der Waals surface area contributed by atoms with Crippen molar-refractivity contribution in [3.63, 3.8) is 0 Å². The van der Waals surface area contributed by atoms with Crippen molar-refractivity contribution in [3.8, 4) is 0 Å². The van der Waals surface area contributed by atoms with Gasteiger partial charge in [-0.3, -0.25) is 4.90 Å². The Kier molecular flexibility index (Phi) is 7.65. The number of hydrogen-bond acceptors (Lipinski definition) is 10. The van der Waals surface area contributed by atoms with Gasteiger partial charge in [-0.1, -0.05) is 12.8 Å². The first kappa shape index (κ1) is 22.3. The van der Waals surface area contributed by atoms with Crippen molar-refractivity contribution in [1.29, 1.82) is 0 Å². The Hall–Kier alpha value is -0.400. The second-order valence-electron chi connectivity index (χ2n) is 8.30. The van der Waals surface area contributed by atoms with E-state index in [0.717, 1.165) is 25.7 Å². The number of aliphatic hydroxyl groups excluding tert-OH is 3. The van der Waals surface area contributed by atoms with Crippen molar-refractivity contribution in [2.75, 3.05) is 19.7 Å². The summed E-state index contributed by atoms with van der Waals surface area (Å²) < 4.78 is 11.9. The average molecular weight is 404 g/mol. The minimum Gasteiger partial charge on any atom is -0.389 e. The molecule has 28 heavy (non-hydrogen) atoms. The highest BCUT2D eigenvalue weighted by Crippen LogP contribution is 2.44. The molecule has 11 atom stereocenters. The van der Waals surface area contributed by atoms with E-state index in [1.54, 1.807) is 0 Å². The van der Waals surface area contributed by atoms with E-state index in [1.807, 2.05) is 4.90 Å². The van der Waals surface area contributed by atoms with E-state index in [2.05, 4.69) is 0 Å². The molecule has 0 aromatic carbocycles. The highest BCUT2D eigenvalue weighted by atomic mass is 16.6. The van der Waals surface area contributed by atoms with Gasteiger partial charge in [0.15, 0.2) is 0 Å². The first-order valence-corrected chi connectivity index (χ1v) is 10.4. The van der Waals surface area contributed by atoms with E-state index in [1.165, 1.54) is 0 Å². The Morgan fingerprint density at radius 3 is 2.29 bits per heavy atom. The summed E-state index contributed by atoms with van der Waals surface area (Å²) in [5, 5.41) is 31.3. The number of unbranched alkanes of at least 4 members (excludes halogenated alkanes) is 3. The van der Waals surface area contributed by atoms with Crippen molar-refractivity contribution < 1.29 is 24.8 Å². The van der Waals surface area contributed by atoms with Gasteiger partial charge in [-0.25, -0.2) is 0 Å². The van der Waals surface area contributed by atoms with Crippen LogP contribution in [-0.2, 0) is 9.47 Å². The Morgan fingerprint density at radius 1 is 0.893 bits per heavy atom. The van der Waals surface area contributed by atoms with Crippen LogP contribution in [0.25, 0.3) is 0 Å². The second kappa shape index (κ2) is 9.61. The van der Waals surface area contributed by atoms with Crippen LogP contribution in [-0.4, -0.2) is 101 Å². The van der Waals surface area contributed by atoms with Gasteiger partial charge in [0.1, 0.15) is 30.6 Å². The minimum atomic E-state index is -1.05. The molecule has 3 rings (SSSR count). The summed E-state index contributed by atoms with van der Waals surface area (Å²) in [5.74, 6) is 0. The summed E-state index contributed by atoms with van der Waals surface area (Å²) in [6, 6.07) is -1.54. The topological polar surface area (TPSA) is 186 Å². The maximum atomic E-state index is 10.7. The summed E-state index contributed by atoms with van der Waals surface area (Å²) in [6.07, 6.45) is -0.149. The van der Waals surface area contributed by atoms with Gasteiger partial charge in [-0.15, -0.1) is 0 Å². The first-order chi connectivity index (χ1) is 13.4.